The van der Waals surface area contributed by atoms with Crippen LogP contribution in [0.15, 0.2) is 43.0 Å². The van der Waals surface area contributed by atoms with Gasteiger partial charge < -0.3 is 14.3 Å². The molecule has 166 valence electrons. The Morgan fingerprint density at radius 3 is 2.50 bits per heavy atom. The summed E-state index contributed by atoms with van der Waals surface area (Å²) in [5.74, 6) is 0.437. The number of H-pyrrole nitrogens is 1. The maximum absolute atomic E-state index is 12.9. The highest BCUT2D eigenvalue weighted by atomic mass is 16.5. The van der Waals surface area contributed by atoms with Crippen molar-refractivity contribution in [3.63, 3.8) is 0 Å². The Hall–Kier alpha value is -3.19. The maximum atomic E-state index is 12.9. The van der Waals surface area contributed by atoms with Crippen molar-refractivity contribution < 1.29 is 14.3 Å². The molecule has 0 radical (unpaired) electrons. The molecule has 7 heteroatoms. The van der Waals surface area contributed by atoms with Crippen molar-refractivity contribution in [2.24, 2.45) is 17.8 Å². The molecule has 32 heavy (non-hydrogen) atoms. The van der Waals surface area contributed by atoms with Crippen LogP contribution in [0.25, 0.3) is 22.0 Å². The number of fused-ring (bicyclic) bond motifs is 1. The van der Waals surface area contributed by atoms with E-state index in [4.69, 9.17) is 4.74 Å². The minimum Gasteiger partial charge on any atom is -0.354 e. The number of amides is 2. The second kappa shape index (κ2) is 7.74. The van der Waals surface area contributed by atoms with Gasteiger partial charge in [0.25, 0.3) is 11.8 Å². The SMILES string of the molecule is CCC1OC(n2cc(C3=C(c4cnc[nH]4)C(=O)NC3=O)c3ccccc32)C(C)C(C)C1C. The van der Waals surface area contributed by atoms with Gasteiger partial charge in [-0.15, -0.1) is 0 Å². The average Bonchev–Trinajstić information content (AvgIpc) is 3.50. The van der Waals surface area contributed by atoms with E-state index in [0.29, 0.717) is 28.7 Å². The zero-order valence-corrected chi connectivity index (χ0v) is 18.8. The summed E-state index contributed by atoms with van der Waals surface area (Å²) in [4.78, 5) is 32.6. The fraction of sp³-hybridized carbons (Fsp3) is 0.400. The first kappa shape index (κ1) is 20.7. The lowest BCUT2D eigenvalue weighted by atomic mass is 9.77. The van der Waals surface area contributed by atoms with Crippen molar-refractivity contribution in [2.45, 2.75) is 46.4 Å². The molecule has 4 heterocycles. The molecule has 5 unspecified atom stereocenters. The van der Waals surface area contributed by atoms with E-state index in [1.807, 2.05) is 30.5 Å². The van der Waals surface area contributed by atoms with E-state index in [9.17, 15) is 9.59 Å². The molecule has 2 aliphatic heterocycles. The zero-order chi connectivity index (χ0) is 22.6. The van der Waals surface area contributed by atoms with Crippen molar-refractivity contribution in [2.75, 3.05) is 0 Å². The third-order valence-electron chi connectivity index (χ3n) is 7.39. The van der Waals surface area contributed by atoms with Crippen molar-refractivity contribution in [3.8, 4) is 0 Å². The van der Waals surface area contributed by atoms with Crippen LogP contribution in [0, 0.1) is 17.8 Å². The number of rotatable bonds is 4. The van der Waals surface area contributed by atoms with Crippen LogP contribution in [-0.4, -0.2) is 32.5 Å². The predicted molar refractivity (Wildman–Crippen MR) is 122 cm³/mol. The summed E-state index contributed by atoms with van der Waals surface area (Å²) in [6.45, 7) is 8.95. The molecule has 2 aromatic heterocycles. The normalized spacial score (nSPS) is 28.6. The number of imidazole rings is 1. The number of para-hydroxylation sites is 1. The molecule has 0 spiro atoms. The number of hydrogen-bond acceptors (Lipinski definition) is 4. The highest BCUT2D eigenvalue weighted by Crippen LogP contribution is 2.44. The van der Waals surface area contributed by atoms with E-state index in [0.717, 1.165) is 22.9 Å². The third kappa shape index (κ3) is 3.03. The van der Waals surface area contributed by atoms with Crippen LogP contribution < -0.4 is 5.32 Å². The molecule has 7 nitrogen and oxygen atoms in total. The number of nitrogens with one attached hydrogen (secondary N) is 2. The van der Waals surface area contributed by atoms with Gasteiger partial charge in [-0.25, -0.2) is 4.98 Å². The summed E-state index contributed by atoms with van der Waals surface area (Å²) in [5.41, 5.74) is 2.92. The Labute approximate surface area is 186 Å². The van der Waals surface area contributed by atoms with Gasteiger partial charge in [-0.3, -0.25) is 14.9 Å². The number of aromatic nitrogens is 3. The molecule has 0 saturated carbocycles. The lowest BCUT2D eigenvalue weighted by Gasteiger charge is -2.44. The third-order valence-corrected chi connectivity index (χ3v) is 7.39. The highest BCUT2D eigenvalue weighted by molar-refractivity contribution is 6.49. The summed E-state index contributed by atoms with van der Waals surface area (Å²) in [7, 11) is 0. The molecule has 0 bridgehead atoms. The smallest absolute Gasteiger partial charge is 0.261 e. The monoisotopic (exact) mass is 432 g/mol. The number of ether oxygens (including phenoxy) is 1. The molecule has 2 aliphatic rings. The van der Waals surface area contributed by atoms with Crippen LogP contribution in [0.4, 0.5) is 0 Å². The van der Waals surface area contributed by atoms with Crippen LogP contribution in [0.3, 0.4) is 0 Å². The van der Waals surface area contributed by atoms with Crippen LogP contribution in [0.5, 0.6) is 0 Å². The van der Waals surface area contributed by atoms with Gasteiger partial charge in [-0.2, -0.15) is 0 Å². The van der Waals surface area contributed by atoms with E-state index in [2.05, 4.69) is 47.5 Å². The predicted octanol–water partition coefficient (Wildman–Crippen LogP) is 4.15. The van der Waals surface area contributed by atoms with E-state index in [1.165, 1.54) is 6.33 Å². The number of carbonyl (C=O) groups is 2. The maximum Gasteiger partial charge on any atom is 0.261 e. The van der Waals surface area contributed by atoms with Gasteiger partial charge in [-0.1, -0.05) is 45.9 Å². The molecular formula is C25H28N4O3. The topological polar surface area (TPSA) is 89.0 Å². The number of hydrogen-bond donors (Lipinski definition) is 2. The Balaban J connectivity index is 1.71. The van der Waals surface area contributed by atoms with Crippen LogP contribution in [0.1, 0.15) is 51.6 Å². The van der Waals surface area contributed by atoms with Crippen molar-refractivity contribution in [1.82, 2.24) is 19.9 Å². The molecule has 1 fully saturated rings. The number of imide groups is 1. The Kier molecular flexibility index (Phi) is 5.01. The second-order valence-electron chi connectivity index (χ2n) is 9.02. The van der Waals surface area contributed by atoms with Crippen LogP contribution in [0.2, 0.25) is 0 Å². The van der Waals surface area contributed by atoms with E-state index >= 15 is 0 Å². The van der Waals surface area contributed by atoms with E-state index < -0.39 is 11.8 Å². The van der Waals surface area contributed by atoms with Crippen molar-refractivity contribution >= 4 is 33.9 Å². The summed E-state index contributed by atoms with van der Waals surface area (Å²) in [6, 6.07) is 7.98. The van der Waals surface area contributed by atoms with Crippen molar-refractivity contribution in [3.05, 3.63) is 54.2 Å². The summed E-state index contributed by atoms with van der Waals surface area (Å²) < 4.78 is 8.76. The fourth-order valence-corrected chi connectivity index (χ4v) is 5.27. The molecule has 5 atom stereocenters. The van der Waals surface area contributed by atoms with Gasteiger partial charge in [0.1, 0.15) is 6.23 Å². The van der Waals surface area contributed by atoms with Crippen LogP contribution >= 0.6 is 0 Å². The molecule has 1 saturated heterocycles. The Morgan fingerprint density at radius 1 is 1.03 bits per heavy atom. The molecule has 2 amide bonds. The molecule has 0 aliphatic carbocycles. The van der Waals surface area contributed by atoms with Crippen molar-refractivity contribution in [1.29, 1.82) is 0 Å². The fourth-order valence-electron chi connectivity index (χ4n) is 5.27. The molecular weight excluding hydrogens is 404 g/mol. The standard InChI is InChI=1S/C25H28N4O3/c1-5-20-14(3)13(2)15(4)25(32-20)29-11-17(16-8-6-7-9-19(16)29)21-22(18-10-26-12-27-18)24(31)28-23(21)30/h6-15,20,25H,5H2,1-4H3,(H,26,27)(H,28,30,31). The number of aromatic amines is 1. The van der Waals surface area contributed by atoms with Gasteiger partial charge in [-0.05, 0) is 24.3 Å². The van der Waals surface area contributed by atoms with Gasteiger partial charge in [0.15, 0.2) is 0 Å². The second-order valence-corrected chi connectivity index (χ2v) is 9.02. The van der Waals surface area contributed by atoms with E-state index in [1.54, 1.807) is 6.20 Å². The number of nitrogens with zero attached hydrogens (tertiary/aromatic N) is 2. The van der Waals surface area contributed by atoms with Gasteiger partial charge in [0.05, 0.1) is 41.0 Å². The Bertz CT molecular complexity index is 1220. The minimum atomic E-state index is -0.415. The lowest BCUT2D eigenvalue weighted by Crippen LogP contribution is -2.42. The zero-order valence-electron chi connectivity index (χ0n) is 18.8. The molecule has 3 aromatic rings. The first-order valence-corrected chi connectivity index (χ1v) is 11.3. The summed E-state index contributed by atoms with van der Waals surface area (Å²) in [5, 5.41) is 3.37. The highest BCUT2D eigenvalue weighted by Gasteiger charge is 2.40. The van der Waals surface area contributed by atoms with Crippen LogP contribution in [-0.2, 0) is 14.3 Å². The Morgan fingerprint density at radius 2 is 1.78 bits per heavy atom. The van der Waals surface area contributed by atoms with Gasteiger partial charge in [0, 0.05) is 23.1 Å². The minimum absolute atomic E-state index is 0.152. The van der Waals surface area contributed by atoms with Gasteiger partial charge in [0.2, 0.25) is 0 Å². The average molecular weight is 433 g/mol. The van der Waals surface area contributed by atoms with E-state index in [-0.39, 0.29) is 18.2 Å². The number of benzene rings is 1. The summed E-state index contributed by atoms with van der Waals surface area (Å²) >= 11 is 0. The molecule has 2 N–H and O–H groups in total. The first-order chi connectivity index (χ1) is 15.4. The number of carbonyl (C=O) groups excluding carboxylic acids is 2. The lowest BCUT2D eigenvalue weighted by molar-refractivity contribution is -0.166. The van der Waals surface area contributed by atoms with Gasteiger partial charge >= 0.3 is 0 Å². The molecule has 1 aromatic carbocycles. The summed E-state index contributed by atoms with van der Waals surface area (Å²) in [6.07, 6.45) is 6.02. The molecule has 5 rings (SSSR count). The largest absolute Gasteiger partial charge is 0.354 e. The first-order valence-electron chi connectivity index (χ1n) is 11.3. The quantitative estimate of drug-likeness (QED) is 0.606.